The molecule has 0 aliphatic heterocycles. The first kappa shape index (κ1) is 16.9. The molecular formula is C29H19N. The average Bonchev–Trinajstić information content (AvgIpc) is 2.98. The summed E-state index contributed by atoms with van der Waals surface area (Å²) in [5.41, 5.74) is 9.19. The van der Waals surface area contributed by atoms with Gasteiger partial charge in [0.15, 0.2) is 0 Å². The van der Waals surface area contributed by atoms with Gasteiger partial charge in [0.1, 0.15) is 0 Å². The van der Waals surface area contributed by atoms with E-state index in [0.717, 1.165) is 17.0 Å². The Bertz CT molecular complexity index is 1410. The van der Waals surface area contributed by atoms with E-state index in [1.54, 1.807) is 0 Å². The van der Waals surface area contributed by atoms with Gasteiger partial charge in [-0.25, -0.2) is 4.98 Å². The molecule has 1 aliphatic rings. The molecule has 0 spiro atoms. The summed E-state index contributed by atoms with van der Waals surface area (Å²) in [6.45, 7) is 0. The van der Waals surface area contributed by atoms with Crippen molar-refractivity contribution in [1.82, 2.24) is 4.98 Å². The molecule has 0 bridgehead atoms. The Morgan fingerprint density at radius 3 is 1.90 bits per heavy atom. The Labute approximate surface area is 176 Å². The summed E-state index contributed by atoms with van der Waals surface area (Å²) in [7, 11) is 0. The summed E-state index contributed by atoms with van der Waals surface area (Å²) in [5, 5.41) is 2.46. The van der Waals surface area contributed by atoms with Crippen molar-refractivity contribution in [2.24, 2.45) is 0 Å². The van der Waals surface area contributed by atoms with Gasteiger partial charge in [-0.3, -0.25) is 0 Å². The molecule has 0 atom stereocenters. The summed E-state index contributed by atoms with van der Waals surface area (Å²) in [5.74, 6) is 0. The standard InChI is InChI=1S/C29H19N/c1-3-11-21(12-4-1)26-25-17-9-15-22-19-18-20-10-7-8-16-24(20)29(27(22)25)30-28(26)23-13-5-2-6-14-23/h1-19H. The first-order valence-electron chi connectivity index (χ1n) is 10.3. The maximum Gasteiger partial charge on any atom is 0.0800 e. The van der Waals surface area contributed by atoms with Crippen molar-refractivity contribution in [3.63, 3.8) is 0 Å². The highest BCUT2D eigenvalue weighted by Gasteiger charge is 2.21. The Kier molecular flexibility index (Phi) is 3.85. The van der Waals surface area contributed by atoms with Gasteiger partial charge in [0.2, 0.25) is 0 Å². The maximum atomic E-state index is 5.34. The largest absolute Gasteiger partial charge is 0.246 e. The SMILES string of the molecule is C1=Cc2cccc3c(-c4ccccc4)c(-c4ccccc4)nc(c23)-c2ccccc21. The molecule has 0 amide bonds. The molecule has 0 unspecified atom stereocenters. The van der Waals surface area contributed by atoms with E-state index in [2.05, 4.69) is 115 Å². The van der Waals surface area contributed by atoms with E-state index in [-0.39, 0.29) is 0 Å². The van der Waals surface area contributed by atoms with Gasteiger partial charge in [-0.2, -0.15) is 0 Å². The second-order valence-electron chi connectivity index (χ2n) is 7.61. The molecule has 30 heavy (non-hydrogen) atoms. The van der Waals surface area contributed by atoms with Crippen molar-refractivity contribution < 1.29 is 0 Å². The van der Waals surface area contributed by atoms with E-state index in [4.69, 9.17) is 4.98 Å². The quantitative estimate of drug-likeness (QED) is 0.299. The zero-order valence-electron chi connectivity index (χ0n) is 16.4. The molecule has 1 aliphatic carbocycles. The van der Waals surface area contributed by atoms with Crippen LogP contribution < -0.4 is 0 Å². The fraction of sp³-hybridized carbons (Fsp3) is 0. The molecule has 1 heterocycles. The highest BCUT2D eigenvalue weighted by molar-refractivity contribution is 6.13. The van der Waals surface area contributed by atoms with Crippen LogP contribution in [0.15, 0.2) is 103 Å². The number of hydrogen-bond donors (Lipinski definition) is 0. The van der Waals surface area contributed by atoms with Gasteiger partial charge >= 0.3 is 0 Å². The Balaban J connectivity index is 1.82. The third-order valence-electron chi connectivity index (χ3n) is 5.83. The van der Waals surface area contributed by atoms with Gasteiger partial charge in [0.25, 0.3) is 0 Å². The predicted octanol–water partition coefficient (Wildman–Crippen LogP) is 7.72. The molecule has 4 aromatic carbocycles. The predicted molar refractivity (Wildman–Crippen MR) is 127 cm³/mol. The Hall–Kier alpha value is -3.97. The van der Waals surface area contributed by atoms with Crippen molar-refractivity contribution in [3.8, 4) is 33.6 Å². The second kappa shape index (κ2) is 6.82. The number of rotatable bonds is 2. The third kappa shape index (κ3) is 2.60. The lowest BCUT2D eigenvalue weighted by Gasteiger charge is -2.18. The zero-order chi connectivity index (χ0) is 19.9. The van der Waals surface area contributed by atoms with Gasteiger partial charge in [0, 0.05) is 22.1 Å². The summed E-state index contributed by atoms with van der Waals surface area (Å²) < 4.78 is 0. The lowest BCUT2D eigenvalue weighted by Crippen LogP contribution is -1.97. The lowest BCUT2D eigenvalue weighted by molar-refractivity contribution is 1.35. The number of hydrogen-bond acceptors (Lipinski definition) is 1. The van der Waals surface area contributed by atoms with E-state index in [9.17, 15) is 0 Å². The molecule has 1 heteroatoms. The number of benzene rings is 4. The van der Waals surface area contributed by atoms with Gasteiger partial charge in [-0.15, -0.1) is 0 Å². The van der Waals surface area contributed by atoms with Crippen LogP contribution in [-0.2, 0) is 0 Å². The first-order valence-corrected chi connectivity index (χ1v) is 10.3. The summed E-state index contributed by atoms with van der Waals surface area (Å²) >= 11 is 0. The normalized spacial score (nSPS) is 11.9. The molecule has 5 aromatic rings. The molecule has 1 aromatic heterocycles. The molecule has 0 saturated carbocycles. The van der Waals surface area contributed by atoms with E-state index < -0.39 is 0 Å². The van der Waals surface area contributed by atoms with Crippen molar-refractivity contribution in [2.75, 3.05) is 0 Å². The van der Waals surface area contributed by atoms with Crippen LogP contribution in [0.5, 0.6) is 0 Å². The minimum absolute atomic E-state index is 1.03. The molecule has 0 fully saturated rings. The molecule has 140 valence electrons. The summed E-state index contributed by atoms with van der Waals surface area (Å²) in [6.07, 6.45) is 4.42. The van der Waals surface area contributed by atoms with E-state index in [1.165, 1.54) is 38.6 Å². The van der Waals surface area contributed by atoms with Crippen molar-refractivity contribution in [1.29, 1.82) is 0 Å². The third-order valence-corrected chi connectivity index (χ3v) is 5.83. The van der Waals surface area contributed by atoms with Crippen molar-refractivity contribution >= 4 is 22.9 Å². The zero-order valence-corrected chi connectivity index (χ0v) is 16.4. The van der Waals surface area contributed by atoms with Crippen LogP contribution in [0.25, 0.3) is 56.6 Å². The minimum atomic E-state index is 1.03. The van der Waals surface area contributed by atoms with Crippen LogP contribution in [0.3, 0.4) is 0 Å². The van der Waals surface area contributed by atoms with Crippen molar-refractivity contribution in [2.45, 2.75) is 0 Å². The van der Waals surface area contributed by atoms with Crippen LogP contribution in [0, 0.1) is 0 Å². The van der Waals surface area contributed by atoms with Gasteiger partial charge in [-0.1, -0.05) is 115 Å². The molecule has 0 radical (unpaired) electrons. The van der Waals surface area contributed by atoms with Crippen LogP contribution in [-0.4, -0.2) is 4.98 Å². The monoisotopic (exact) mass is 381 g/mol. The number of fused-ring (bicyclic) bond motifs is 2. The van der Waals surface area contributed by atoms with Gasteiger partial charge in [-0.05, 0) is 22.1 Å². The Morgan fingerprint density at radius 2 is 1.10 bits per heavy atom. The smallest absolute Gasteiger partial charge is 0.0800 e. The fourth-order valence-electron chi connectivity index (χ4n) is 4.47. The average molecular weight is 381 g/mol. The van der Waals surface area contributed by atoms with Crippen LogP contribution >= 0.6 is 0 Å². The first-order chi connectivity index (χ1) is 14.9. The molecule has 6 rings (SSSR count). The van der Waals surface area contributed by atoms with Gasteiger partial charge in [0.05, 0.1) is 11.4 Å². The summed E-state index contributed by atoms with van der Waals surface area (Å²) in [6, 6.07) is 36.3. The van der Waals surface area contributed by atoms with E-state index in [0.29, 0.717) is 0 Å². The van der Waals surface area contributed by atoms with E-state index in [1.807, 2.05) is 0 Å². The second-order valence-corrected chi connectivity index (χ2v) is 7.61. The topological polar surface area (TPSA) is 12.9 Å². The number of nitrogens with zero attached hydrogens (tertiary/aromatic N) is 1. The van der Waals surface area contributed by atoms with E-state index >= 15 is 0 Å². The highest BCUT2D eigenvalue weighted by Crippen LogP contribution is 2.44. The summed E-state index contributed by atoms with van der Waals surface area (Å²) in [4.78, 5) is 5.34. The molecular weight excluding hydrogens is 362 g/mol. The van der Waals surface area contributed by atoms with Crippen LogP contribution in [0.2, 0.25) is 0 Å². The van der Waals surface area contributed by atoms with Gasteiger partial charge < -0.3 is 0 Å². The lowest BCUT2D eigenvalue weighted by atomic mass is 9.90. The maximum absolute atomic E-state index is 5.34. The van der Waals surface area contributed by atoms with Crippen molar-refractivity contribution in [3.05, 3.63) is 114 Å². The minimum Gasteiger partial charge on any atom is -0.246 e. The Morgan fingerprint density at radius 1 is 0.467 bits per heavy atom. The van der Waals surface area contributed by atoms with Crippen LogP contribution in [0.4, 0.5) is 0 Å². The fourth-order valence-corrected chi connectivity index (χ4v) is 4.47. The number of aromatic nitrogens is 1. The molecule has 0 N–H and O–H groups in total. The number of pyridine rings is 1. The van der Waals surface area contributed by atoms with Crippen LogP contribution in [0.1, 0.15) is 11.1 Å². The molecule has 0 saturated heterocycles. The molecule has 1 nitrogen and oxygen atoms in total. The highest BCUT2D eigenvalue weighted by atomic mass is 14.7.